The summed E-state index contributed by atoms with van der Waals surface area (Å²) in [6.07, 6.45) is 1.75. The molecule has 0 aliphatic heterocycles. The molecule has 0 aliphatic carbocycles. The summed E-state index contributed by atoms with van der Waals surface area (Å²) < 4.78 is 0. The van der Waals surface area contributed by atoms with Gasteiger partial charge in [0.25, 0.3) is 0 Å². The van der Waals surface area contributed by atoms with Crippen molar-refractivity contribution in [2.75, 3.05) is 5.32 Å². The van der Waals surface area contributed by atoms with Gasteiger partial charge in [0.1, 0.15) is 10.8 Å². The third-order valence-electron chi connectivity index (χ3n) is 2.61. The summed E-state index contributed by atoms with van der Waals surface area (Å²) in [4.78, 5) is 19.6. The van der Waals surface area contributed by atoms with Gasteiger partial charge in [0.2, 0.25) is 0 Å². The van der Waals surface area contributed by atoms with Crippen LogP contribution in [0.15, 0.2) is 23.7 Å². The van der Waals surface area contributed by atoms with Crippen molar-refractivity contribution in [2.24, 2.45) is 0 Å². The van der Waals surface area contributed by atoms with Crippen LogP contribution in [0.2, 0.25) is 0 Å². The van der Waals surface area contributed by atoms with Crippen LogP contribution in [-0.2, 0) is 5.54 Å². The SMILES string of the molecule is Cc1cc(C(=O)O)cc(NC(C)(C)c2nccs2)n1. The van der Waals surface area contributed by atoms with Crippen LogP contribution >= 0.6 is 11.3 Å². The molecule has 100 valence electrons. The second-order valence-electron chi connectivity index (χ2n) is 4.77. The quantitative estimate of drug-likeness (QED) is 0.898. The van der Waals surface area contributed by atoms with Crippen LogP contribution in [0.3, 0.4) is 0 Å². The van der Waals surface area contributed by atoms with E-state index in [1.807, 2.05) is 19.2 Å². The van der Waals surface area contributed by atoms with Crippen molar-refractivity contribution in [1.29, 1.82) is 0 Å². The molecule has 0 amide bonds. The van der Waals surface area contributed by atoms with Gasteiger partial charge in [0, 0.05) is 17.3 Å². The standard InChI is InChI=1S/C13H15N3O2S/c1-8-6-9(11(17)18)7-10(15-8)16-13(2,3)12-14-4-5-19-12/h4-7H,1-3H3,(H,15,16)(H,17,18). The first-order valence-electron chi connectivity index (χ1n) is 5.78. The molecule has 2 N–H and O–H groups in total. The fourth-order valence-corrected chi connectivity index (χ4v) is 2.48. The molecular formula is C13H15N3O2S. The fraction of sp³-hybridized carbons (Fsp3) is 0.308. The Hall–Kier alpha value is -1.95. The van der Waals surface area contributed by atoms with Crippen molar-refractivity contribution in [3.05, 3.63) is 40.0 Å². The van der Waals surface area contributed by atoms with E-state index in [0.717, 1.165) is 5.01 Å². The summed E-state index contributed by atoms with van der Waals surface area (Å²) in [6, 6.07) is 3.08. The minimum atomic E-state index is -0.958. The fourth-order valence-electron chi connectivity index (χ4n) is 1.76. The molecule has 0 aliphatic rings. The van der Waals surface area contributed by atoms with Gasteiger partial charge in [0.05, 0.1) is 11.1 Å². The van der Waals surface area contributed by atoms with E-state index in [1.54, 1.807) is 30.5 Å². The molecule has 0 saturated carbocycles. The van der Waals surface area contributed by atoms with Gasteiger partial charge in [-0.3, -0.25) is 0 Å². The van der Waals surface area contributed by atoms with Crippen LogP contribution in [0.25, 0.3) is 0 Å². The van der Waals surface area contributed by atoms with Crippen molar-refractivity contribution in [1.82, 2.24) is 9.97 Å². The molecule has 2 aromatic rings. The Labute approximate surface area is 115 Å². The second kappa shape index (κ2) is 4.97. The normalized spacial score (nSPS) is 11.3. The molecule has 2 heterocycles. The lowest BCUT2D eigenvalue weighted by Gasteiger charge is -2.24. The number of aryl methyl sites for hydroxylation is 1. The summed E-state index contributed by atoms with van der Waals surface area (Å²) >= 11 is 1.55. The molecule has 0 saturated heterocycles. The number of hydrogen-bond donors (Lipinski definition) is 2. The number of carbonyl (C=O) groups is 1. The third-order valence-corrected chi connectivity index (χ3v) is 3.70. The summed E-state index contributed by atoms with van der Waals surface area (Å²) in [5.41, 5.74) is 0.493. The molecule has 0 atom stereocenters. The minimum Gasteiger partial charge on any atom is -0.478 e. The molecular weight excluding hydrogens is 262 g/mol. The number of nitrogens with one attached hydrogen (secondary N) is 1. The number of rotatable bonds is 4. The molecule has 2 rings (SSSR count). The van der Waals surface area contributed by atoms with Crippen LogP contribution in [0.5, 0.6) is 0 Å². The molecule has 0 aromatic carbocycles. The Balaban J connectivity index is 2.31. The highest BCUT2D eigenvalue weighted by Crippen LogP contribution is 2.26. The Bertz CT molecular complexity index is 594. The number of thiazole rings is 1. The first-order chi connectivity index (χ1) is 8.88. The zero-order valence-electron chi connectivity index (χ0n) is 11.0. The summed E-state index contributed by atoms with van der Waals surface area (Å²) in [6.45, 7) is 5.74. The van der Waals surface area contributed by atoms with Crippen molar-refractivity contribution in [3.63, 3.8) is 0 Å². The van der Waals surface area contributed by atoms with Crippen molar-refractivity contribution >= 4 is 23.1 Å². The van der Waals surface area contributed by atoms with E-state index in [9.17, 15) is 4.79 Å². The molecule has 19 heavy (non-hydrogen) atoms. The van der Waals surface area contributed by atoms with Gasteiger partial charge in [-0.1, -0.05) is 0 Å². The van der Waals surface area contributed by atoms with Crippen molar-refractivity contribution < 1.29 is 9.90 Å². The zero-order chi connectivity index (χ0) is 14.0. The van der Waals surface area contributed by atoms with Gasteiger partial charge in [-0.15, -0.1) is 11.3 Å². The molecule has 0 bridgehead atoms. The lowest BCUT2D eigenvalue weighted by Crippen LogP contribution is -2.28. The number of aromatic nitrogens is 2. The molecule has 2 aromatic heterocycles. The van der Waals surface area contributed by atoms with E-state index in [1.165, 1.54) is 6.07 Å². The lowest BCUT2D eigenvalue weighted by molar-refractivity contribution is 0.0696. The van der Waals surface area contributed by atoms with E-state index in [0.29, 0.717) is 11.5 Å². The number of pyridine rings is 1. The largest absolute Gasteiger partial charge is 0.478 e. The molecule has 5 nitrogen and oxygen atoms in total. The lowest BCUT2D eigenvalue weighted by atomic mass is 10.1. The first-order valence-corrected chi connectivity index (χ1v) is 6.66. The monoisotopic (exact) mass is 277 g/mol. The van der Waals surface area contributed by atoms with Crippen molar-refractivity contribution in [3.8, 4) is 0 Å². The van der Waals surface area contributed by atoms with Gasteiger partial charge < -0.3 is 10.4 Å². The van der Waals surface area contributed by atoms with Gasteiger partial charge in [-0.05, 0) is 32.9 Å². The number of nitrogens with zero attached hydrogens (tertiary/aromatic N) is 2. The van der Waals surface area contributed by atoms with Crippen LogP contribution in [0.1, 0.15) is 34.9 Å². The maximum Gasteiger partial charge on any atom is 0.335 e. The third kappa shape index (κ3) is 3.08. The molecule has 0 radical (unpaired) electrons. The van der Waals surface area contributed by atoms with E-state index in [4.69, 9.17) is 5.11 Å². The van der Waals surface area contributed by atoms with E-state index in [2.05, 4.69) is 15.3 Å². The second-order valence-corrected chi connectivity index (χ2v) is 5.67. The minimum absolute atomic E-state index is 0.227. The smallest absolute Gasteiger partial charge is 0.335 e. The topological polar surface area (TPSA) is 75.1 Å². The van der Waals surface area contributed by atoms with Gasteiger partial charge >= 0.3 is 5.97 Å². The van der Waals surface area contributed by atoms with Crippen LogP contribution < -0.4 is 5.32 Å². The number of aromatic carboxylic acids is 1. The summed E-state index contributed by atoms with van der Waals surface area (Å²) in [5, 5.41) is 15.1. The van der Waals surface area contributed by atoms with Crippen LogP contribution in [0, 0.1) is 6.92 Å². The average molecular weight is 277 g/mol. The zero-order valence-corrected chi connectivity index (χ0v) is 11.8. The molecule has 0 fully saturated rings. The Morgan fingerprint density at radius 2 is 2.16 bits per heavy atom. The highest BCUT2D eigenvalue weighted by Gasteiger charge is 2.24. The number of carboxylic acids is 1. The average Bonchev–Trinajstić information content (AvgIpc) is 2.81. The van der Waals surface area contributed by atoms with Crippen LogP contribution in [-0.4, -0.2) is 21.0 Å². The van der Waals surface area contributed by atoms with E-state index >= 15 is 0 Å². The maximum atomic E-state index is 11.0. The maximum absolute atomic E-state index is 11.0. The number of hydrogen-bond acceptors (Lipinski definition) is 5. The predicted octanol–water partition coefficient (Wildman–Crippen LogP) is 2.89. The van der Waals surface area contributed by atoms with Crippen molar-refractivity contribution in [2.45, 2.75) is 26.3 Å². The summed E-state index contributed by atoms with van der Waals surface area (Å²) in [5.74, 6) is -0.418. The first kappa shape index (κ1) is 13.5. The van der Waals surface area contributed by atoms with Gasteiger partial charge in [0.15, 0.2) is 0 Å². The highest BCUT2D eigenvalue weighted by molar-refractivity contribution is 7.09. The van der Waals surface area contributed by atoms with Gasteiger partial charge in [-0.2, -0.15) is 0 Å². The summed E-state index contributed by atoms with van der Waals surface area (Å²) in [7, 11) is 0. The number of carboxylic acid groups (broad SMARTS) is 1. The van der Waals surface area contributed by atoms with E-state index < -0.39 is 11.5 Å². The van der Waals surface area contributed by atoms with Gasteiger partial charge in [-0.25, -0.2) is 14.8 Å². The molecule has 0 unspecified atom stereocenters. The Kier molecular flexibility index (Phi) is 3.53. The Morgan fingerprint density at radius 1 is 1.42 bits per heavy atom. The predicted molar refractivity (Wildman–Crippen MR) is 74.7 cm³/mol. The molecule has 0 spiro atoms. The number of anilines is 1. The Morgan fingerprint density at radius 3 is 2.74 bits per heavy atom. The molecule has 6 heteroatoms. The van der Waals surface area contributed by atoms with E-state index in [-0.39, 0.29) is 5.56 Å². The highest BCUT2D eigenvalue weighted by atomic mass is 32.1. The van der Waals surface area contributed by atoms with Crippen LogP contribution in [0.4, 0.5) is 5.82 Å².